The third kappa shape index (κ3) is 4.41. The quantitative estimate of drug-likeness (QED) is 0.776. The van der Waals surface area contributed by atoms with Gasteiger partial charge in [-0.2, -0.15) is 0 Å². The number of fused-ring (bicyclic) bond motifs is 1. The lowest BCUT2D eigenvalue weighted by Crippen LogP contribution is -2.45. The predicted molar refractivity (Wildman–Crippen MR) is 92.5 cm³/mol. The van der Waals surface area contributed by atoms with Crippen LogP contribution in [0.25, 0.3) is 0 Å². The van der Waals surface area contributed by atoms with Gasteiger partial charge in [-0.1, -0.05) is 30.3 Å². The SMILES string of the molecule is C[C@H](Nc1ccc2c(c1)OCO2)C(=O)NC(=O)NCc1ccccc1. The van der Waals surface area contributed by atoms with Crippen molar-refractivity contribution in [2.24, 2.45) is 0 Å². The Morgan fingerprint density at radius 3 is 2.64 bits per heavy atom. The third-order valence-corrected chi connectivity index (χ3v) is 3.68. The van der Waals surface area contributed by atoms with Crippen molar-refractivity contribution in [3.63, 3.8) is 0 Å². The number of imide groups is 1. The maximum atomic E-state index is 12.1. The number of carbonyl (C=O) groups excluding carboxylic acids is 2. The average molecular weight is 341 g/mol. The summed E-state index contributed by atoms with van der Waals surface area (Å²) in [4.78, 5) is 23.9. The molecule has 2 aromatic carbocycles. The molecule has 130 valence electrons. The van der Waals surface area contributed by atoms with Crippen LogP contribution in [-0.2, 0) is 11.3 Å². The van der Waals surface area contributed by atoms with Crippen molar-refractivity contribution in [1.82, 2.24) is 10.6 Å². The summed E-state index contributed by atoms with van der Waals surface area (Å²) in [7, 11) is 0. The summed E-state index contributed by atoms with van der Waals surface area (Å²) >= 11 is 0. The molecule has 0 bridgehead atoms. The van der Waals surface area contributed by atoms with E-state index in [0.29, 0.717) is 23.7 Å². The fraction of sp³-hybridized carbons (Fsp3) is 0.222. The van der Waals surface area contributed by atoms with Gasteiger partial charge in [-0.15, -0.1) is 0 Å². The van der Waals surface area contributed by atoms with E-state index in [0.717, 1.165) is 5.56 Å². The highest BCUT2D eigenvalue weighted by Crippen LogP contribution is 2.34. The lowest BCUT2D eigenvalue weighted by atomic mass is 10.2. The van der Waals surface area contributed by atoms with Crippen LogP contribution in [-0.4, -0.2) is 24.8 Å². The van der Waals surface area contributed by atoms with Gasteiger partial charge >= 0.3 is 6.03 Å². The summed E-state index contributed by atoms with van der Waals surface area (Å²) in [5, 5.41) is 7.99. The Balaban J connectivity index is 1.48. The molecule has 25 heavy (non-hydrogen) atoms. The zero-order valence-electron chi connectivity index (χ0n) is 13.7. The van der Waals surface area contributed by atoms with Crippen LogP contribution in [0.4, 0.5) is 10.5 Å². The van der Waals surface area contributed by atoms with Crippen molar-refractivity contribution in [3.8, 4) is 11.5 Å². The first-order valence-electron chi connectivity index (χ1n) is 7.90. The van der Waals surface area contributed by atoms with Crippen LogP contribution in [0.1, 0.15) is 12.5 Å². The predicted octanol–water partition coefficient (Wildman–Crippen LogP) is 2.24. The van der Waals surface area contributed by atoms with Crippen LogP contribution in [0, 0.1) is 0 Å². The molecule has 7 heteroatoms. The molecule has 0 saturated heterocycles. The highest BCUT2D eigenvalue weighted by molar-refractivity contribution is 5.98. The summed E-state index contributed by atoms with van der Waals surface area (Å²) in [5.41, 5.74) is 1.66. The Morgan fingerprint density at radius 1 is 1.08 bits per heavy atom. The molecule has 1 heterocycles. The molecular formula is C18H19N3O4. The Labute approximate surface area is 145 Å². The molecule has 1 aliphatic heterocycles. The second kappa shape index (κ2) is 7.57. The largest absolute Gasteiger partial charge is 0.454 e. The second-order valence-corrected chi connectivity index (χ2v) is 5.59. The molecule has 1 atom stereocenters. The van der Waals surface area contributed by atoms with Gasteiger partial charge in [-0.05, 0) is 24.6 Å². The maximum Gasteiger partial charge on any atom is 0.321 e. The maximum absolute atomic E-state index is 12.1. The fourth-order valence-electron chi connectivity index (χ4n) is 2.34. The van der Waals surface area contributed by atoms with Crippen LogP contribution in [0.3, 0.4) is 0 Å². The molecule has 3 rings (SSSR count). The van der Waals surface area contributed by atoms with E-state index in [-0.39, 0.29) is 6.79 Å². The molecule has 3 amide bonds. The second-order valence-electron chi connectivity index (χ2n) is 5.59. The Kier molecular flexibility index (Phi) is 5.03. The minimum absolute atomic E-state index is 0.191. The van der Waals surface area contributed by atoms with Gasteiger partial charge in [0.1, 0.15) is 6.04 Å². The van der Waals surface area contributed by atoms with E-state index in [1.807, 2.05) is 30.3 Å². The number of nitrogens with one attached hydrogen (secondary N) is 3. The van der Waals surface area contributed by atoms with Gasteiger partial charge in [0.05, 0.1) is 0 Å². The monoisotopic (exact) mass is 341 g/mol. The number of hydrogen-bond acceptors (Lipinski definition) is 5. The van der Waals surface area contributed by atoms with Gasteiger partial charge in [0.2, 0.25) is 12.7 Å². The van der Waals surface area contributed by atoms with Crippen LogP contribution < -0.4 is 25.4 Å². The first kappa shape index (κ1) is 16.6. The Morgan fingerprint density at radius 2 is 1.84 bits per heavy atom. The number of amides is 3. The summed E-state index contributed by atoms with van der Waals surface area (Å²) in [6.45, 7) is 2.21. The number of carbonyl (C=O) groups is 2. The van der Waals surface area contributed by atoms with Gasteiger partial charge in [-0.25, -0.2) is 4.79 Å². The number of benzene rings is 2. The molecule has 0 aliphatic carbocycles. The van der Waals surface area contributed by atoms with Crippen molar-refractivity contribution in [2.75, 3.05) is 12.1 Å². The van der Waals surface area contributed by atoms with Crippen molar-refractivity contribution >= 4 is 17.6 Å². The van der Waals surface area contributed by atoms with E-state index in [4.69, 9.17) is 9.47 Å². The van der Waals surface area contributed by atoms with Gasteiger partial charge in [0, 0.05) is 18.3 Å². The molecule has 2 aromatic rings. The lowest BCUT2D eigenvalue weighted by molar-refractivity contribution is -0.120. The summed E-state index contributed by atoms with van der Waals surface area (Å²) in [5.74, 6) is 0.865. The van der Waals surface area contributed by atoms with E-state index in [9.17, 15) is 9.59 Å². The number of rotatable bonds is 5. The van der Waals surface area contributed by atoms with E-state index >= 15 is 0 Å². The number of hydrogen-bond donors (Lipinski definition) is 3. The first-order valence-corrected chi connectivity index (χ1v) is 7.90. The van der Waals surface area contributed by atoms with E-state index in [2.05, 4.69) is 16.0 Å². The normalized spacial score (nSPS) is 13.0. The average Bonchev–Trinajstić information content (AvgIpc) is 3.08. The summed E-state index contributed by atoms with van der Waals surface area (Å²) in [6, 6.07) is 13.6. The molecule has 0 unspecified atom stereocenters. The molecule has 0 radical (unpaired) electrons. The molecule has 7 nitrogen and oxygen atoms in total. The smallest absolute Gasteiger partial charge is 0.321 e. The molecule has 1 aliphatic rings. The standard InChI is InChI=1S/C18H19N3O4/c1-12(20-14-7-8-15-16(9-14)25-11-24-15)17(22)21-18(23)19-10-13-5-3-2-4-6-13/h2-9,12,20H,10-11H2,1H3,(H2,19,21,22,23)/t12-/m0/s1. The van der Waals surface area contributed by atoms with Crippen molar-refractivity contribution in [3.05, 3.63) is 54.1 Å². The molecule has 0 spiro atoms. The fourth-order valence-corrected chi connectivity index (χ4v) is 2.34. The number of ether oxygens (including phenoxy) is 2. The lowest BCUT2D eigenvalue weighted by Gasteiger charge is -2.15. The molecule has 0 fully saturated rings. The van der Waals surface area contributed by atoms with Crippen LogP contribution in [0.5, 0.6) is 11.5 Å². The van der Waals surface area contributed by atoms with Gasteiger partial charge in [0.15, 0.2) is 11.5 Å². The zero-order valence-corrected chi connectivity index (χ0v) is 13.7. The van der Waals surface area contributed by atoms with Crippen LogP contribution >= 0.6 is 0 Å². The van der Waals surface area contributed by atoms with Crippen molar-refractivity contribution in [2.45, 2.75) is 19.5 Å². The third-order valence-electron chi connectivity index (χ3n) is 3.68. The first-order chi connectivity index (χ1) is 12.1. The molecular weight excluding hydrogens is 322 g/mol. The minimum atomic E-state index is -0.595. The van der Waals surface area contributed by atoms with E-state index in [1.54, 1.807) is 25.1 Å². The zero-order chi connectivity index (χ0) is 17.6. The van der Waals surface area contributed by atoms with Crippen LogP contribution in [0.2, 0.25) is 0 Å². The minimum Gasteiger partial charge on any atom is -0.454 e. The molecule has 3 N–H and O–H groups in total. The van der Waals surface area contributed by atoms with E-state index < -0.39 is 18.0 Å². The summed E-state index contributed by atoms with van der Waals surface area (Å²) in [6.07, 6.45) is 0. The highest BCUT2D eigenvalue weighted by Gasteiger charge is 2.18. The van der Waals surface area contributed by atoms with Gasteiger partial charge < -0.3 is 20.1 Å². The highest BCUT2D eigenvalue weighted by atomic mass is 16.7. The van der Waals surface area contributed by atoms with Crippen LogP contribution in [0.15, 0.2) is 48.5 Å². The molecule has 0 aromatic heterocycles. The topological polar surface area (TPSA) is 88.7 Å². The number of anilines is 1. The van der Waals surface area contributed by atoms with E-state index in [1.165, 1.54) is 0 Å². The Bertz CT molecular complexity index is 764. The van der Waals surface area contributed by atoms with Gasteiger partial charge in [-0.3, -0.25) is 10.1 Å². The molecule has 0 saturated carbocycles. The van der Waals surface area contributed by atoms with Gasteiger partial charge in [0.25, 0.3) is 0 Å². The van der Waals surface area contributed by atoms with Crippen molar-refractivity contribution < 1.29 is 19.1 Å². The Hall–Kier alpha value is -3.22. The van der Waals surface area contributed by atoms with Crippen molar-refractivity contribution in [1.29, 1.82) is 0 Å². The number of urea groups is 1. The summed E-state index contributed by atoms with van der Waals surface area (Å²) < 4.78 is 10.5.